The van der Waals surface area contributed by atoms with Gasteiger partial charge in [0.2, 0.25) is 0 Å². The molecular formula is C11H15BrFNO2. The number of methoxy groups -OCH3 is 1. The molecule has 0 bridgehead atoms. The van der Waals surface area contributed by atoms with Crippen LogP contribution in [0, 0.1) is 5.82 Å². The minimum absolute atomic E-state index is 0.258. The van der Waals surface area contributed by atoms with Gasteiger partial charge in [-0.3, -0.25) is 0 Å². The summed E-state index contributed by atoms with van der Waals surface area (Å²) in [5.41, 5.74) is 0.732. The van der Waals surface area contributed by atoms with Crippen molar-refractivity contribution in [2.45, 2.75) is 0 Å². The monoisotopic (exact) mass is 291 g/mol. The number of halogens is 2. The summed E-state index contributed by atoms with van der Waals surface area (Å²) >= 11 is 3.33. The quantitative estimate of drug-likeness (QED) is 0.784. The van der Waals surface area contributed by atoms with Crippen LogP contribution in [0.15, 0.2) is 22.7 Å². The van der Waals surface area contributed by atoms with Gasteiger partial charge in [0.25, 0.3) is 0 Å². The fourth-order valence-electron chi connectivity index (χ4n) is 1.14. The first kappa shape index (κ1) is 13.4. The van der Waals surface area contributed by atoms with Crippen LogP contribution < -0.4 is 5.32 Å². The molecule has 0 atom stereocenters. The largest absolute Gasteiger partial charge is 0.382 e. The highest BCUT2D eigenvalue weighted by Gasteiger charge is 2.00. The summed E-state index contributed by atoms with van der Waals surface area (Å²) in [5.74, 6) is -0.258. The van der Waals surface area contributed by atoms with Crippen molar-refractivity contribution in [3.8, 4) is 0 Å². The van der Waals surface area contributed by atoms with Crippen molar-refractivity contribution >= 4 is 21.6 Å². The Morgan fingerprint density at radius 1 is 1.31 bits per heavy atom. The highest BCUT2D eigenvalue weighted by Crippen LogP contribution is 2.22. The van der Waals surface area contributed by atoms with E-state index in [1.165, 1.54) is 12.1 Å². The van der Waals surface area contributed by atoms with Gasteiger partial charge in [0, 0.05) is 18.1 Å². The van der Waals surface area contributed by atoms with Crippen molar-refractivity contribution in [1.29, 1.82) is 0 Å². The molecule has 1 N–H and O–H groups in total. The zero-order chi connectivity index (χ0) is 11.8. The second-order valence-electron chi connectivity index (χ2n) is 3.16. The topological polar surface area (TPSA) is 30.5 Å². The fourth-order valence-corrected chi connectivity index (χ4v) is 1.52. The Labute approximate surface area is 103 Å². The first-order valence-corrected chi connectivity index (χ1v) is 5.79. The van der Waals surface area contributed by atoms with Crippen molar-refractivity contribution in [3.05, 3.63) is 28.5 Å². The summed E-state index contributed by atoms with van der Waals surface area (Å²) in [5, 5.41) is 3.08. The minimum Gasteiger partial charge on any atom is -0.382 e. The number of anilines is 1. The Bertz CT molecular complexity index is 323. The van der Waals surface area contributed by atoms with Crippen LogP contribution >= 0.6 is 15.9 Å². The maximum atomic E-state index is 12.9. The molecular weight excluding hydrogens is 277 g/mol. The van der Waals surface area contributed by atoms with E-state index in [9.17, 15) is 4.39 Å². The van der Waals surface area contributed by atoms with Gasteiger partial charge in [-0.25, -0.2) is 4.39 Å². The average molecular weight is 292 g/mol. The number of benzene rings is 1. The number of hydrogen-bond acceptors (Lipinski definition) is 3. The molecule has 0 fully saturated rings. The van der Waals surface area contributed by atoms with E-state index < -0.39 is 0 Å². The highest BCUT2D eigenvalue weighted by molar-refractivity contribution is 9.10. The Kier molecular flexibility index (Phi) is 6.37. The third-order valence-electron chi connectivity index (χ3n) is 1.92. The van der Waals surface area contributed by atoms with Gasteiger partial charge in [0.1, 0.15) is 5.82 Å². The number of nitrogens with one attached hydrogen (secondary N) is 1. The maximum absolute atomic E-state index is 12.9. The normalized spacial score (nSPS) is 10.4. The van der Waals surface area contributed by atoms with Crippen molar-refractivity contribution in [2.24, 2.45) is 0 Å². The molecule has 5 heteroatoms. The predicted octanol–water partition coefficient (Wildman–Crippen LogP) is 2.66. The SMILES string of the molecule is COCCOCCNc1cc(F)ccc1Br. The number of hydrogen-bond donors (Lipinski definition) is 1. The third kappa shape index (κ3) is 4.92. The Hall–Kier alpha value is -0.650. The molecule has 0 spiro atoms. The van der Waals surface area contributed by atoms with E-state index in [4.69, 9.17) is 9.47 Å². The van der Waals surface area contributed by atoms with E-state index in [1.807, 2.05) is 0 Å². The molecule has 16 heavy (non-hydrogen) atoms. The van der Waals surface area contributed by atoms with Gasteiger partial charge in [-0.1, -0.05) is 0 Å². The zero-order valence-electron chi connectivity index (χ0n) is 9.13. The van der Waals surface area contributed by atoms with Gasteiger partial charge in [0.15, 0.2) is 0 Å². The summed E-state index contributed by atoms with van der Waals surface area (Å²) in [4.78, 5) is 0. The van der Waals surface area contributed by atoms with Gasteiger partial charge < -0.3 is 14.8 Å². The Balaban J connectivity index is 2.23. The minimum atomic E-state index is -0.258. The Morgan fingerprint density at radius 3 is 2.88 bits per heavy atom. The lowest BCUT2D eigenvalue weighted by Crippen LogP contribution is -2.12. The van der Waals surface area contributed by atoms with Crippen molar-refractivity contribution in [2.75, 3.05) is 38.8 Å². The molecule has 1 aromatic carbocycles. The molecule has 0 aliphatic heterocycles. The molecule has 0 heterocycles. The zero-order valence-corrected chi connectivity index (χ0v) is 10.7. The second kappa shape index (κ2) is 7.60. The molecule has 3 nitrogen and oxygen atoms in total. The Morgan fingerprint density at radius 2 is 2.12 bits per heavy atom. The molecule has 0 aliphatic rings. The molecule has 0 aliphatic carbocycles. The summed E-state index contributed by atoms with van der Waals surface area (Å²) in [7, 11) is 1.63. The van der Waals surface area contributed by atoms with E-state index >= 15 is 0 Å². The lowest BCUT2D eigenvalue weighted by molar-refractivity contribution is 0.0759. The van der Waals surface area contributed by atoms with Crippen LogP contribution in [0.1, 0.15) is 0 Å². The molecule has 1 rings (SSSR count). The first-order chi connectivity index (χ1) is 7.74. The third-order valence-corrected chi connectivity index (χ3v) is 2.61. The molecule has 90 valence electrons. The standard InChI is InChI=1S/C11H15BrFNO2/c1-15-6-7-16-5-4-14-11-8-9(13)2-3-10(11)12/h2-3,8,14H,4-7H2,1H3. The van der Waals surface area contributed by atoms with Crippen molar-refractivity contribution < 1.29 is 13.9 Å². The number of rotatable bonds is 7. The lowest BCUT2D eigenvalue weighted by Gasteiger charge is -2.09. The van der Waals surface area contributed by atoms with Gasteiger partial charge in [-0.2, -0.15) is 0 Å². The van der Waals surface area contributed by atoms with Crippen LogP contribution in [0.2, 0.25) is 0 Å². The van der Waals surface area contributed by atoms with Crippen LogP contribution in [-0.2, 0) is 9.47 Å². The molecule has 0 aromatic heterocycles. The van der Waals surface area contributed by atoms with E-state index in [1.54, 1.807) is 13.2 Å². The van der Waals surface area contributed by atoms with Crippen LogP contribution in [0.3, 0.4) is 0 Å². The fraction of sp³-hybridized carbons (Fsp3) is 0.455. The van der Waals surface area contributed by atoms with Gasteiger partial charge in [-0.15, -0.1) is 0 Å². The number of ether oxygens (including phenoxy) is 2. The first-order valence-electron chi connectivity index (χ1n) is 4.99. The van der Waals surface area contributed by atoms with E-state index in [2.05, 4.69) is 21.2 Å². The average Bonchev–Trinajstić information content (AvgIpc) is 2.28. The van der Waals surface area contributed by atoms with Crippen LogP contribution in [-0.4, -0.2) is 33.5 Å². The molecule has 0 unspecified atom stereocenters. The molecule has 0 saturated heterocycles. The van der Waals surface area contributed by atoms with Crippen LogP contribution in [0.4, 0.5) is 10.1 Å². The van der Waals surface area contributed by atoms with Gasteiger partial charge >= 0.3 is 0 Å². The summed E-state index contributed by atoms with van der Waals surface area (Å²) < 4.78 is 23.9. The summed E-state index contributed by atoms with van der Waals surface area (Å²) in [6.07, 6.45) is 0. The smallest absolute Gasteiger partial charge is 0.125 e. The van der Waals surface area contributed by atoms with E-state index in [-0.39, 0.29) is 5.82 Å². The van der Waals surface area contributed by atoms with Crippen LogP contribution in [0.25, 0.3) is 0 Å². The molecule has 0 radical (unpaired) electrons. The van der Waals surface area contributed by atoms with Gasteiger partial charge in [0.05, 0.1) is 25.5 Å². The predicted molar refractivity (Wildman–Crippen MR) is 65.3 cm³/mol. The molecule has 1 aromatic rings. The van der Waals surface area contributed by atoms with Crippen LogP contribution in [0.5, 0.6) is 0 Å². The lowest BCUT2D eigenvalue weighted by atomic mass is 10.3. The second-order valence-corrected chi connectivity index (χ2v) is 4.01. The molecule has 0 amide bonds. The molecule has 0 saturated carbocycles. The van der Waals surface area contributed by atoms with Gasteiger partial charge in [-0.05, 0) is 34.1 Å². The van der Waals surface area contributed by atoms with Crippen molar-refractivity contribution in [3.63, 3.8) is 0 Å². The summed E-state index contributed by atoms with van der Waals surface area (Å²) in [6, 6.07) is 4.52. The van der Waals surface area contributed by atoms with Crippen molar-refractivity contribution in [1.82, 2.24) is 0 Å². The highest BCUT2D eigenvalue weighted by atomic mass is 79.9. The maximum Gasteiger partial charge on any atom is 0.125 e. The van der Waals surface area contributed by atoms with E-state index in [0.29, 0.717) is 26.4 Å². The van der Waals surface area contributed by atoms with E-state index in [0.717, 1.165) is 10.2 Å². The summed E-state index contributed by atoms with van der Waals surface area (Å²) in [6.45, 7) is 2.35.